The lowest BCUT2D eigenvalue weighted by Gasteiger charge is -2.19. The van der Waals surface area contributed by atoms with E-state index in [1.807, 2.05) is 6.08 Å². The summed E-state index contributed by atoms with van der Waals surface area (Å²) in [5.74, 6) is -0.0957. The summed E-state index contributed by atoms with van der Waals surface area (Å²) in [5, 5.41) is 22.9. The number of carbonyl (C=O) groups excluding carboxylic acids is 1. The minimum atomic E-state index is -0.877. The topological polar surface area (TPSA) is 69.6 Å². The Morgan fingerprint density at radius 3 is 1.45 bits per heavy atom. The highest BCUT2D eigenvalue weighted by Crippen LogP contribution is 2.13. The van der Waals surface area contributed by atoms with Gasteiger partial charge in [0, 0.05) is 6.42 Å². The monoisotopic (exact) mass is 656 g/mol. The van der Waals surface area contributed by atoms with Crippen molar-refractivity contribution in [2.45, 2.75) is 199 Å². The maximum Gasteiger partial charge on any atom is 0.220 e. The molecule has 0 bridgehead atoms. The quantitative estimate of drug-likeness (QED) is 0.0470. The molecule has 0 aliphatic rings. The Labute approximate surface area is 292 Å². The molecule has 3 N–H and O–H groups in total. The molecule has 1 amide bonds. The van der Waals surface area contributed by atoms with E-state index in [0.717, 1.165) is 57.8 Å². The molecule has 2 unspecified atom stereocenters. The van der Waals surface area contributed by atoms with Crippen LogP contribution in [0, 0.1) is 0 Å². The molecule has 0 saturated heterocycles. The molecule has 0 saturated carbocycles. The Kier molecular flexibility index (Phi) is 37.0. The molecule has 0 aliphatic heterocycles. The second-order valence-electron chi connectivity index (χ2n) is 13.3. The standard InChI is InChI=1S/C43H77NO3/c1-3-5-7-9-11-13-15-17-18-19-20-21-22-23-24-25-27-28-30-32-34-36-38-42(46)41(40-45)44-43(47)39-37-35-33-31-29-26-16-14-12-10-8-6-4-2/h8,10,14,16,23-24,28,30,36,38,41-42,45-46H,3-7,9,11-13,15,17-22,25-27,29,31-35,37,39-40H2,1-2H3,(H,44,47)/b10-8-,16-14-,24-23+,30-28+,38-36+. The van der Waals surface area contributed by atoms with Crippen molar-refractivity contribution in [1.82, 2.24) is 5.32 Å². The second kappa shape index (κ2) is 38.5. The molecule has 0 heterocycles. The SMILES string of the molecule is CCC/C=C\C/C=C\CCCCCCCC(=O)NC(CO)C(O)/C=C/CC/C=C/CC/C=C/CCCCCCCCCCCCCC. The third-order valence-electron chi connectivity index (χ3n) is 8.68. The molecule has 0 rings (SSSR count). The lowest BCUT2D eigenvalue weighted by molar-refractivity contribution is -0.123. The van der Waals surface area contributed by atoms with Gasteiger partial charge in [-0.25, -0.2) is 0 Å². The van der Waals surface area contributed by atoms with Crippen molar-refractivity contribution in [2.24, 2.45) is 0 Å². The first-order valence-corrected chi connectivity index (χ1v) is 20.0. The largest absolute Gasteiger partial charge is 0.394 e. The van der Waals surface area contributed by atoms with Crippen molar-refractivity contribution in [1.29, 1.82) is 0 Å². The van der Waals surface area contributed by atoms with E-state index < -0.39 is 12.1 Å². The van der Waals surface area contributed by atoms with Crippen LogP contribution in [0.3, 0.4) is 0 Å². The van der Waals surface area contributed by atoms with Crippen molar-refractivity contribution < 1.29 is 15.0 Å². The molecule has 0 aromatic heterocycles. The van der Waals surface area contributed by atoms with Crippen LogP contribution in [-0.2, 0) is 4.79 Å². The molecule has 4 nitrogen and oxygen atoms in total. The molecule has 0 aliphatic carbocycles. The number of carbonyl (C=O) groups is 1. The van der Waals surface area contributed by atoms with Gasteiger partial charge in [0.15, 0.2) is 0 Å². The summed E-state index contributed by atoms with van der Waals surface area (Å²) in [5.41, 5.74) is 0. The van der Waals surface area contributed by atoms with Crippen LogP contribution in [0.25, 0.3) is 0 Å². The highest BCUT2D eigenvalue weighted by molar-refractivity contribution is 5.76. The van der Waals surface area contributed by atoms with Crippen LogP contribution in [0.2, 0.25) is 0 Å². The third-order valence-corrected chi connectivity index (χ3v) is 8.68. The van der Waals surface area contributed by atoms with E-state index >= 15 is 0 Å². The van der Waals surface area contributed by atoms with Gasteiger partial charge in [-0.05, 0) is 70.6 Å². The average molecular weight is 656 g/mol. The first kappa shape index (κ1) is 45.1. The summed E-state index contributed by atoms with van der Waals surface area (Å²) in [6, 6.07) is -0.653. The second-order valence-corrected chi connectivity index (χ2v) is 13.3. The van der Waals surface area contributed by atoms with Crippen LogP contribution in [0.5, 0.6) is 0 Å². The molecule has 0 radical (unpaired) electrons. The van der Waals surface area contributed by atoms with Crippen LogP contribution in [0.1, 0.15) is 187 Å². The van der Waals surface area contributed by atoms with Crippen molar-refractivity contribution in [3.63, 3.8) is 0 Å². The molecular weight excluding hydrogens is 578 g/mol. The van der Waals surface area contributed by atoms with Gasteiger partial charge in [-0.3, -0.25) is 4.79 Å². The van der Waals surface area contributed by atoms with E-state index in [-0.39, 0.29) is 12.5 Å². The van der Waals surface area contributed by atoms with E-state index in [9.17, 15) is 15.0 Å². The first-order chi connectivity index (χ1) is 23.2. The van der Waals surface area contributed by atoms with Crippen LogP contribution in [0.15, 0.2) is 60.8 Å². The number of nitrogens with one attached hydrogen (secondary N) is 1. The Morgan fingerprint density at radius 2 is 0.936 bits per heavy atom. The molecule has 47 heavy (non-hydrogen) atoms. The fourth-order valence-corrected chi connectivity index (χ4v) is 5.60. The maximum atomic E-state index is 12.3. The molecule has 0 aromatic rings. The van der Waals surface area contributed by atoms with E-state index in [1.165, 1.54) is 109 Å². The number of hydrogen-bond donors (Lipinski definition) is 3. The average Bonchev–Trinajstić information content (AvgIpc) is 3.07. The van der Waals surface area contributed by atoms with Gasteiger partial charge in [0.1, 0.15) is 0 Å². The van der Waals surface area contributed by atoms with Gasteiger partial charge in [-0.1, -0.05) is 171 Å². The molecule has 2 atom stereocenters. The number of allylic oxidation sites excluding steroid dienone is 9. The number of aliphatic hydroxyl groups excluding tert-OH is 2. The van der Waals surface area contributed by atoms with Gasteiger partial charge in [0.25, 0.3) is 0 Å². The number of amides is 1. The van der Waals surface area contributed by atoms with Crippen molar-refractivity contribution in [2.75, 3.05) is 6.61 Å². The molecule has 0 fully saturated rings. The number of unbranched alkanes of at least 4 members (excludes halogenated alkanes) is 20. The van der Waals surface area contributed by atoms with Crippen molar-refractivity contribution in [3.8, 4) is 0 Å². The molecular formula is C43H77NO3. The predicted octanol–water partition coefficient (Wildman–Crippen LogP) is 12.2. The highest BCUT2D eigenvalue weighted by Gasteiger charge is 2.17. The van der Waals surface area contributed by atoms with E-state index in [4.69, 9.17) is 0 Å². The zero-order valence-electron chi connectivity index (χ0n) is 31.0. The molecule has 272 valence electrons. The lowest BCUT2D eigenvalue weighted by Crippen LogP contribution is -2.45. The summed E-state index contributed by atoms with van der Waals surface area (Å²) < 4.78 is 0. The number of aliphatic hydroxyl groups is 2. The van der Waals surface area contributed by atoms with Gasteiger partial charge in [-0.15, -0.1) is 0 Å². The van der Waals surface area contributed by atoms with Crippen LogP contribution in [-0.4, -0.2) is 34.9 Å². The molecule has 4 heteroatoms. The first-order valence-electron chi connectivity index (χ1n) is 20.0. The fourth-order valence-electron chi connectivity index (χ4n) is 5.60. The van der Waals surface area contributed by atoms with E-state index in [1.54, 1.807) is 6.08 Å². The van der Waals surface area contributed by atoms with Gasteiger partial charge < -0.3 is 15.5 Å². The summed E-state index contributed by atoms with van der Waals surface area (Å²) in [7, 11) is 0. The van der Waals surface area contributed by atoms with Crippen LogP contribution in [0.4, 0.5) is 0 Å². The minimum absolute atomic E-state index is 0.0957. The van der Waals surface area contributed by atoms with Crippen LogP contribution >= 0.6 is 0 Å². The Bertz CT molecular complexity index is 797. The Hall–Kier alpha value is -1.91. The van der Waals surface area contributed by atoms with Crippen LogP contribution < -0.4 is 5.32 Å². The maximum absolute atomic E-state index is 12.3. The highest BCUT2D eigenvalue weighted by atomic mass is 16.3. The number of hydrogen-bond acceptors (Lipinski definition) is 3. The van der Waals surface area contributed by atoms with Crippen molar-refractivity contribution >= 4 is 5.91 Å². The normalized spacial score (nSPS) is 13.7. The Morgan fingerprint density at radius 1 is 0.511 bits per heavy atom. The zero-order valence-corrected chi connectivity index (χ0v) is 31.0. The fraction of sp³-hybridized carbons (Fsp3) is 0.744. The third kappa shape index (κ3) is 35.2. The molecule has 0 spiro atoms. The summed E-state index contributed by atoms with van der Waals surface area (Å²) in [4.78, 5) is 12.3. The lowest BCUT2D eigenvalue weighted by atomic mass is 10.0. The predicted molar refractivity (Wildman–Crippen MR) is 207 cm³/mol. The molecule has 0 aromatic carbocycles. The van der Waals surface area contributed by atoms with E-state index in [2.05, 4.69) is 67.8 Å². The Balaban J connectivity index is 3.70. The van der Waals surface area contributed by atoms with Gasteiger partial charge in [0.05, 0.1) is 18.8 Å². The zero-order chi connectivity index (χ0) is 34.3. The van der Waals surface area contributed by atoms with Gasteiger partial charge >= 0.3 is 0 Å². The smallest absolute Gasteiger partial charge is 0.220 e. The summed E-state index contributed by atoms with van der Waals surface area (Å²) in [6.45, 7) is 4.21. The number of rotatable bonds is 35. The van der Waals surface area contributed by atoms with Crippen molar-refractivity contribution in [3.05, 3.63) is 60.8 Å². The van der Waals surface area contributed by atoms with Gasteiger partial charge in [0.2, 0.25) is 5.91 Å². The minimum Gasteiger partial charge on any atom is -0.394 e. The summed E-state index contributed by atoms with van der Waals surface area (Å²) >= 11 is 0. The van der Waals surface area contributed by atoms with Gasteiger partial charge in [-0.2, -0.15) is 0 Å². The van der Waals surface area contributed by atoms with E-state index in [0.29, 0.717) is 6.42 Å². The summed E-state index contributed by atoms with van der Waals surface area (Å²) in [6.07, 6.45) is 53.2.